The van der Waals surface area contributed by atoms with Gasteiger partial charge >= 0.3 is 0 Å². The average molecular weight is 206 g/mol. The van der Waals surface area contributed by atoms with E-state index in [-0.39, 0.29) is 0 Å². The van der Waals surface area contributed by atoms with Crippen LogP contribution in [0.15, 0.2) is 23.2 Å². The average Bonchev–Trinajstić information content (AvgIpc) is 2.71. The Morgan fingerprint density at radius 1 is 1.53 bits per heavy atom. The number of rotatable bonds is 2. The quantitative estimate of drug-likeness (QED) is 0.621. The molecule has 5 nitrogen and oxygen atoms in total. The third-order valence-electron chi connectivity index (χ3n) is 2.17. The van der Waals surface area contributed by atoms with Crippen LogP contribution in [0, 0.1) is 0 Å². The van der Waals surface area contributed by atoms with Gasteiger partial charge in [0.15, 0.2) is 5.96 Å². The molecule has 0 spiro atoms. The fraction of sp³-hybridized carbons (Fsp3) is 0.300. The van der Waals surface area contributed by atoms with Crippen molar-refractivity contribution in [2.45, 2.75) is 0 Å². The first kappa shape index (κ1) is 9.64. The summed E-state index contributed by atoms with van der Waals surface area (Å²) < 4.78 is 5.07. The summed E-state index contributed by atoms with van der Waals surface area (Å²) in [5, 5.41) is 6.26. The molecule has 0 fully saturated rings. The third-order valence-corrected chi connectivity index (χ3v) is 2.17. The molecule has 0 atom stereocenters. The minimum atomic E-state index is 0.612. The zero-order valence-electron chi connectivity index (χ0n) is 8.58. The Morgan fingerprint density at radius 2 is 2.40 bits per heavy atom. The number of anilines is 2. The van der Waals surface area contributed by atoms with Crippen molar-refractivity contribution in [2.24, 2.45) is 4.99 Å². The van der Waals surface area contributed by atoms with E-state index in [1.165, 1.54) is 0 Å². The van der Waals surface area contributed by atoms with Gasteiger partial charge in [-0.1, -0.05) is 0 Å². The maximum atomic E-state index is 5.78. The molecule has 1 aliphatic rings. The molecule has 4 N–H and O–H groups in total. The van der Waals surface area contributed by atoms with E-state index in [4.69, 9.17) is 10.5 Å². The predicted molar refractivity (Wildman–Crippen MR) is 61.3 cm³/mol. The molecule has 5 heteroatoms. The first-order chi connectivity index (χ1) is 7.29. The summed E-state index contributed by atoms with van der Waals surface area (Å²) in [6.07, 6.45) is 0. The van der Waals surface area contributed by atoms with Crippen LogP contribution in [-0.4, -0.2) is 26.2 Å². The highest BCUT2D eigenvalue weighted by Crippen LogP contribution is 2.24. The van der Waals surface area contributed by atoms with Gasteiger partial charge in [-0.2, -0.15) is 0 Å². The SMILES string of the molecule is COc1ccc(NC2=NCCN2)cc1N. The predicted octanol–water partition coefficient (Wildman–Crippen LogP) is 0.649. The van der Waals surface area contributed by atoms with E-state index in [0.29, 0.717) is 11.4 Å². The second-order valence-corrected chi connectivity index (χ2v) is 3.24. The number of nitrogens with two attached hydrogens (primary N) is 1. The Bertz CT molecular complexity index is 389. The molecule has 0 aromatic heterocycles. The highest BCUT2D eigenvalue weighted by molar-refractivity contribution is 5.95. The Labute approximate surface area is 88.3 Å². The Kier molecular flexibility index (Phi) is 2.62. The van der Waals surface area contributed by atoms with Crippen LogP contribution < -0.4 is 21.1 Å². The van der Waals surface area contributed by atoms with Gasteiger partial charge in [0, 0.05) is 12.2 Å². The monoisotopic (exact) mass is 206 g/mol. The molecule has 0 saturated carbocycles. The summed E-state index contributed by atoms with van der Waals surface area (Å²) in [5.74, 6) is 1.47. The first-order valence-electron chi connectivity index (χ1n) is 4.78. The summed E-state index contributed by atoms with van der Waals surface area (Å²) in [7, 11) is 1.60. The molecule has 0 bridgehead atoms. The standard InChI is InChI=1S/C10H14N4O/c1-15-9-3-2-7(6-8(9)11)14-10-12-4-5-13-10/h2-3,6H,4-5,11H2,1H3,(H2,12,13,14). The summed E-state index contributed by atoms with van der Waals surface area (Å²) in [6, 6.07) is 5.55. The van der Waals surface area contributed by atoms with Gasteiger partial charge in [-0.05, 0) is 18.2 Å². The van der Waals surface area contributed by atoms with E-state index >= 15 is 0 Å². The van der Waals surface area contributed by atoms with Crippen LogP contribution >= 0.6 is 0 Å². The number of aliphatic imine (C=N–C) groups is 1. The molecule has 0 radical (unpaired) electrons. The zero-order chi connectivity index (χ0) is 10.7. The van der Waals surface area contributed by atoms with Crippen LogP contribution in [0.3, 0.4) is 0 Å². The molecule has 0 unspecified atom stereocenters. The number of nitrogens with zero attached hydrogens (tertiary/aromatic N) is 1. The lowest BCUT2D eigenvalue weighted by molar-refractivity contribution is 0.417. The van der Waals surface area contributed by atoms with E-state index in [1.807, 2.05) is 18.2 Å². The van der Waals surface area contributed by atoms with Gasteiger partial charge in [0.05, 0.1) is 19.3 Å². The number of hydrogen-bond donors (Lipinski definition) is 3. The van der Waals surface area contributed by atoms with Crippen molar-refractivity contribution >= 4 is 17.3 Å². The lowest BCUT2D eigenvalue weighted by atomic mass is 10.2. The van der Waals surface area contributed by atoms with Crippen molar-refractivity contribution in [3.63, 3.8) is 0 Å². The van der Waals surface area contributed by atoms with E-state index < -0.39 is 0 Å². The van der Waals surface area contributed by atoms with Crippen LogP contribution in [0.1, 0.15) is 0 Å². The molecule has 0 aliphatic carbocycles. The van der Waals surface area contributed by atoms with Crippen molar-refractivity contribution in [3.8, 4) is 5.75 Å². The van der Waals surface area contributed by atoms with Crippen molar-refractivity contribution in [3.05, 3.63) is 18.2 Å². The highest BCUT2D eigenvalue weighted by Gasteiger charge is 2.06. The number of ether oxygens (including phenoxy) is 1. The molecular weight excluding hydrogens is 192 g/mol. The maximum absolute atomic E-state index is 5.78. The molecule has 2 rings (SSSR count). The van der Waals surface area contributed by atoms with E-state index in [0.717, 1.165) is 24.7 Å². The van der Waals surface area contributed by atoms with Crippen LogP contribution in [-0.2, 0) is 0 Å². The number of methoxy groups -OCH3 is 1. The second-order valence-electron chi connectivity index (χ2n) is 3.24. The van der Waals surface area contributed by atoms with Crippen molar-refractivity contribution in [1.82, 2.24) is 5.32 Å². The van der Waals surface area contributed by atoms with Gasteiger partial charge in [-0.25, -0.2) is 0 Å². The summed E-state index contributed by atoms with van der Waals surface area (Å²) in [4.78, 5) is 4.23. The topological polar surface area (TPSA) is 71.7 Å². The Hall–Kier alpha value is -1.91. The number of guanidine groups is 1. The fourth-order valence-corrected chi connectivity index (χ4v) is 1.43. The number of hydrogen-bond acceptors (Lipinski definition) is 5. The molecule has 80 valence electrons. The minimum absolute atomic E-state index is 0.612. The third kappa shape index (κ3) is 2.12. The van der Waals surface area contributed by atoms with Gasteiger partial charge in [0.1, 0.15) is 5.75 Å². The number of benzene rings is 1. The molecule has 0 amide bonds. The molecule has 1 aromatic carbocycles. The van der Waals surface area contributed by atoms with Crippen LogP contribution in [0.2, 0.25) is 0 Å². The van der Waals surface area contributed by atoms with Gasteiger partial charge in [-0.3, -0.25) is 4.99 Å². The zero-order valence-corrected chi connectivity index (χ0v) is 8.58. The van der Waals surface area contributed by atoms with Crippen molar-refractivity contribution in [2.75, 3.05) is 31.2 Å². The fourth-order valence-electron chi connectivity index (χ4n) is 1.43. The summed E-state index contributed by atoms with van der Waals surface area (Å²) >= 11 is 0. The second kappa shape index (κ2) is 4.08. The van der Waals surface area contributed by atoms with E-state index in [9.17, 15) is 0 Å². The van der Waals surface area contributed by atoms with Crippen LogP contribution in [0.25, 0.3) is 0 Å². The van der Waals surface area contributed by atoms with Crippen molar-refractivity contribution < 1.29 is 4.74 Å². The maximum Gasteiger partial charge on any atom is 0.195 e. The molecule has 15 heavy (non-hydrogen) atoms. The van der Waals surface area contributed by atoms with E-state index in [2.05, 4.69) is 15.6 Å². The Balaban J connectivity index is 2.12. The highest BCUT2D eigenvalue weighted by atomic mass is 16.5. The summed E-state index contributed by atoms with van der Waals surface area (Å²) in [5.41, 5.74) is 7.30. The smallest absolute Gasteiger partial charge is 0.195 e. The minimum Gasteiger partial charge on any atom is -0.495 e. The van der Waals surface area contributed by atoms with E-state index in [1.54, 1.807) is 7.11 Å². The van der Waals surface area contributed by atoms with Crippen LogP contribution in [0.5, 0.6) is 5.75 Å². The number of nitrogens with one attached hydrogen (secondary N) is 2. The van der Waals surface area contributed by atoms with Gasteiger partial charge in [0.25, 0.3) is 0 Å². The van der Waals surface area contributed by atoms with Gasteiger partial charge in [0.2, 0.25) is 0 Å². The summed E-state index contributed by atoms with van der Waals surface area (Å²) in [6.45, 7) is 1.70. The van der Waals surface area contributed by atoms with Crippen LogP contribution in [0.4, 0.5) is 11.4 Å². The number of nitrogen functional groups attached to an aromatic ring is 1. The van der Waals surface area contributed by atoms with Crippen molar-refractivity contribution in [1.29, 1.82) is 0 Å². The normalized spacial score (nSPS) is 14.3. The van der Waals surface area contributed by atoms with Gasteiger partial charge < -0.3 is 21.1 Å². The molecule has 1 aliphatic heterocycles. The molecule has 0 saturated heterocycles. The lowest BCUT2D eigenvalue weighted by Crippen LogP contribution is -2.26. The molecule has 1 heterocycles. The first-order valence-corrected chi connectivity index (χ1v) is 4.78. The molecule has 1 aromatic rings. The lowest BCUT2D eigenvalue weighted by Gasteiger charge is -2.09. The van der Waals surface area contributed by atoms with Gasteiger partial charge in [-0.15, -0.1) is 0 Å². The molecular formula is C10H14N4O. The Morgan fingerprint density at radius 3 is 3.00 bits per heavy atom. The largest absolute Gasteiger partial charge is 0.495 e.